The molecule has 0 spiro atoms. The summed E-state index contributed by atoms with van der Waals surface area (Å²) in [4.78, 5) is 15.8. The molecule has 2 aliphatic rings. The van der Waals surface area contributed by atoms with Gasteiger partial charge in [-0.05, 0) is 49.8 Å². The molecule has 1 N–H and O–H groups in total. The first-order valence-electron chi connectivity index (χ1n) is 8.96. The van der Waals surface area contributed by atoms with E-state index in [4.69, 9.17) is 5.11 Å². The van der Waals surface area contributed by atoms with E-state index in [9.17, 15) is 4.79 Å². The fourth-order valence-corrected chi connectivity index (χ4v) is 4.34. The van der Waals surface area contributed by atoms with Gasteiger partial charge < -0.3 is 5.11 Å². The zero-order chi connectivity index (χ0) is 16.2. The molecule has 0 saturated carbocycles. The molecule has 23 heavy (non-hydrogen) atoms. The molecule has 1 aromatic carbocycles. The summed E-state index contributed by atoms with van der Waals surface area (Å²) in [5.41, 5.74) is 3.04. The number of fused-ring (bicyclic) bond motifs is 1. The van der Waals surface area contributed by atoms with Crippen LogP contribution in [0.4, 0.5) is 0 Å². The standard InChI is InChI=1S/C19H28N2O2/c1-2-20(14-19(22)23)16-10-12-21(13-11-16)18-9-5-7-15-6-3-4-8-17(15)18/h3-4,6,8,16,18H,2,5,7,9-14H2,1H3,(H,22,23). The van der Waals surface area contributed by atoms with Crippen molar-refractivity contribution in [2.75, 3.05) is 26.2 Å². The van der Waals surface area contributed by atoms with E-state index in [1.807, 2.05) is 0 Å². The average Bonchev–Trinajstić information content (AvgIpc) is 2.59. The maximum absolute atomic E-state index is 11.0. The van der Waals surface area contributed by atoms with E-state index in [1.54, 1.807) is 0 Å². The van der Waals surface area contributed by atoms with Crippen LogP contribution in [0.3, 0.4) is 0 Å². The second-order valence-electron chi connectivity index (χ2n) is 6.83. The van der Waals surface area contributed by atoms with Crippen LogP contribution in [0, 0.1) is 0 Å². The average molecular weight is 316 g/mol. The van der Waals surface area contributed by atoms with Gasteiger partial charge >= 0.3 is 5.97 Å². The monoisotopic (exact) mass is 316 g/mol. The van der Waals surface area contributed by atoms with Gasteiger partial charge in [0, 0.05) is 25.2 Å². The van der Waals surface area contributed by atoms with Crippen LogP contribution in [0.5, 0.6) is 0 Å². The second kappa shape index (κ2) is 7.45. The normalized spacial score (nSPS) is 23.0. The van der Waals surface area contributed by atoms with Gasteiger partial charge in [-0.3, -0.25) is 14.6 Å². The highest BCUT2D eigenvalue weighted by molar-refractivity contribution is 5.69. The topological polar surface area (TPSA) is 43.8 Å². The molecule has 1 saturated heterocycles. The summed E-state index contributed by atoms with van der Waals surface area (Å²) in [6, 6.07) is 9.88. The van der Waals surface area contributed by atoms with Crippen LogP contribution in [0.1, 0.15) is 49.8 Å². The minimum atomic E-state index is -0.713. The third kappa shape index (κ3) is 3.75. The number of hydrogen-bond acceptors (Lipinski definition) is 3. The van der Waals surface area contributed by atoms with Crippen molar-refractivity contribution in [2.45, 2.75) is 51.1 Å². The summed E-state index contributed by atoms with van der Waals surface area (Å²) < 4.78 is 0. The lowest BCUT2D eigenvalue weighted by Gasteiger charge is -2.42. The molecular formula is C19H28N2O2. The molecule has 1 unspecified atom stereocenters. The van der Waals surface area contributed by atoms with E-state index in [2.05, 4.69) is 41.0 Å². The summed E-state index contributed by atoms with van der Waals surface area (Å²) >= 11 is 0. The van der Waals surface area contributed by atoms with Gasteiger partial charge in [0.05, 0.1) is 6.54 Å². The third-order valence-electron chi connectivity index (χ3n) is 5.54. The number of likely N-dealkylation sites (tertiary alicyclic amines) is 1. The van der Waals surface area contributed by atoms with E-state index in [-0.39, 0.29) is 6.54 Å². The smallest absolute Gasteiger partial charge is 0.317 e. The van der Waals surface area contributed by atoms with Crippen LogP contribution in [0.15, 0.2) is 24.3 Å². The van der Waals surface area contributed by atoms with Crippen molar-refractivity contribution in [3.63, 3.8) is 0 Å². The highest BCUT2D eigenvalue weighted by Gasteiger charge is 2.31. The molecule has 1 atom stereocenters. The van der Waals surface area contributed by atoms with E-state index in [0.717, 1.165) is 32.5 Å². The van der Waals surface area contributed by atoms with E-state index >= 15 is 0 Å². The quantitative estimate of drug-likeness (QED) is 0.907. The highest BCUT2D eigenvalue weighted by atomic mass is 16.4. The number of carboxylic acid groups (broad SMARTS) is 1. The van der Waals surface area contributed by atoms with Crippen LogP contribution >= 0.6 is 0 Å². The number of aryl methyl sites for hydroxylation is 1. The third-order valence-corrected chi connectivity index (χ3v) is 5.54. The molecule has 3 rings (SSSR count). The summed E-state index contributed by atoms with van der Waals surface area (Å²) in [5, 5.41) is 9.06. The summed E-state index contributed by atoms with van der Waals surface area (Å²) in [6.45, 7) is 5.23. The number of benzene rings is 1. The Morgan fingerprint density at radius 3 is 2.70 bits per heavy atom. The SMILES string of the molecule is CCN(CC(=O)O)C1CCN(C2CCCc3ccccc32)CC1. The molecule has 0 amide bonds. The summed E-state index contributed by atoms with van der Waals surface area (Å²) in [5.74, 6) is -0.713. The Labute approximate surface area is 139 Å². The number of hydrogen-bond donors (Lipinski definition) is 1. The first-order valence-corrected chi connectivity index (χ1v) is 8.96. The van der Waals surface area contributed by atoms with Crippen molar-refractivity contribution in [1.29, 1.82) is 0 Å². The Balaban J connectivity index is 1.62. The van der Waals surface area contributed by atoms with Gasteiger partial charge in [0.25, 0.3) is 0 Å². The van der Waals surface area contributed by atoms with Crippen LogP contribution in [0.2, 0.25) is 0 Å². The molecule has 1 heterocycles. The zero-order valence-corrected chi connectivity index (χ0v) is 14.1. The van der Waals surface area contributed by atoms with Gasteiger partial charge in [-0.2, -0.15) is 0 Å². The number of aliphatic carboxylic acids is 1. The Kier molecular flexibility index (Phi) is 5.34. The van der Waals surface area contributed by atoms with E-state index in [0.29, 0.717) is 12.1 Å². The zero-order valence-electron chi connectivity index (χ0n) is 14.1. The van der Waals surface area contributed by atoms with Crippen LogP contribution in [-0.2, 0) is 11.2 Å². The Morgan fingerprint density at radius 2 is 2.00 bits per heavy atom. The Hall–Kier alpha value is -1.39. The van der Waals surface area contributed by atoms with Gasteiger partial charge in [0.1, 0.15) is 0 Å². The van der Waals surface area contributed by atoms with E-state index in [1.165, 1.54) is 30.4 Å². The molecule has 0 radical (unpaired) electrons. The molecule has 4 nitrogen and oxygen atoms in total. The predicted molar refractivity (Wildman–Crippen MR) is 91.6 cm³/mol. The number of likely N-dealkylation sites (N-methyl/N-ethyl adjacent to an activating group) is 1. The fraction of sp³-hybridized carbons (Fsp3) is 0.632. The molecule has 4 heteroatoms. The molecule has 0 aromatic heterocycles. The van der Waals surface area contributed by atoms with Crippen molar-refractivity contribution in [2.24, 2.45) is 0 Å². The van der Waals surface area contributed by atoms with Crippen LogP contribution in [0.25, 0.3) is 0 Å². The highest BCUT2D eigenvalue weighted by Crippen LogP contribution is 2.36. The van der Waals surface area contributed by atoms with Gasteiger partial charge in [-0.15, -0.1) is 0 Å². The Morgan fingerprint density at radius 1 is 1.26 bits per heavy atom. The second-order valence-corrected chi connectivity index (χ2v) is 6.83. The fourth-order valence-electron chi connectivity index (χ4n) is 4.34. The lowest BCUT2D eigenvalue weighted by Crippen LogP contribution is -2.47. The first kappa shape index (κ1) is 16.5. The van der Waals surface area contributed by atoms with Gasteiger partial charge in [0.2, 0.25) is 0 Å². The van der Waals surface area contributed by atoms with Gasteiger partial charge in [0.15, 0.2) is 0 Å². The summed E-state index contributed by atoms with van der Waals surface area (Å²) in [6.07, 6.45) is 5.92. The van der Waals surface area contributed by atoms with Crippen molar-refractivity contribution in [3.05, 3.63) is 35.4 Å². The predicted octanol–water partition coefficient (Wildman–Crippen LogP) is 2.93. The number of carbonyl (C=O) groups is 1. The van der Waals surface area contributed by atoms with Crippen molar-refractivity contribution >= 4 is 5.97 Å². The lowest BCUT2D eigenvalue weighted by molar-refractivity contribution is -0.139. The molecule has 1 aromatic rings. The van der Waals surface area contributed by atoms with Crippen molar-refractivity contribution in [3.8, 4) is 0 Å². The van der Waals surface area contributed by atoms with Crippen molar-refractivity contribution in [1.82, 2.24) is 9.80 Å². The first-order chi connectivity index (χ1) is 11.2. The molecule has 126 valence electrons. The molecule has 1 aliphatic carbocycles. The maximum atomic E-state index is 11.0. The van der Waals surface area contributed by atoms with E-state index < -0.39 is 5.97 Å². The van der Waals surface area contributed by atoms with Crippen LogP contribution < -0.4 is 0 Å². The Bertz CT molecular complexity index is 538. The number of piperidine rings is 1. The number of rotatable bonds is 5. The lowest BCUT2D eigenvalue weighted by atomic mass is 9.85. The molecular weight excluding hydrogens is 288 g/mol. The molecule has 1 fully saturated rings. The summed E-state index contributed by atoms with van der Waals surface area (Å²) in [7, 11) is 0. The van der Waals surface area contributed by atoms with Gasteiger partial charge in [-0.1, -0.05) is 31.2 Å². The minimum absolute atomic E-state index is 0.174. The largest absolute Gasteiger partial charge is 0.480 e. The van der Waals surface area contributed by atoms with Crippen LogP contribution in [-0.4, -0.2) is 53.1 Å². The maximum Gasteiger partial charge on any atom is 0.317 e. The number of nitrogens with zero attached hydrogens (tertiary/aromatic N) is 2. The van der Waals surface area contributed by atoms with Crippen molar-refractivity contribution < 1.29 is 9.90 Å². The molecule has 1 aliphatic heterocycles. The number of carboxylic acids is 1. The minimum Gasteiger partial charge on any atom is -0.480 e. The molecule has 0 bridgehead atoms. The van der Waals surface area contributed by atoms with Gasteiger partial charge in [-0.25, -0.2) is 0 Å².